The van der Waals surface area contributed by atoms with E-state index in [1.807, 2.05) is 38.1 Å². The van der Waals surface area contributed by atoms with E-state index >= 15 is 0 Å². The van der Waals surface area contributed by atoms with Crippen molar-refractivity contribution in [1.29, 1.82) is 0 Å². The number of amides is 2. The third-order valence-corrected chi connectivity index (χ3v) is 6.22. The Morgan fingerprint density at radius 1 is 1.00 bits per heavy atom. The Labute approximate surface area is 180 Å². The summed E-state index contributed by atoms with van der Waals surface area (Å²) < 4.78 is 28.2. The summed E-state index contributed by atoms with van der Waals surface area (Å²) in [6.07, 6.45) is 0.815. The zero-order chi connectivity index (χ0) is 22.3. The van der Waals surface area contributed by atoms with Crippen LogP contribution in [-0.2, 0) is 16.7 Å². The Morgan fingerprint density at radius 2 is 1.60 bits per heavy atom. The van der Waals surface area contributed by atoms with E-state index in [1.165, 1.54) is 12.5 Å². The maximum Gasteiger partial charge on any atom is 0.322 e. The highest BCUT2D eigenvalue weighted by Gasteiger charge is 2.20. The molecule has 30 heavy (non-hydrogen) atoms. The van der Waals surface area contributed by atoms with Crippen LogP contribution in [0.25, 0.3) is 0 Å². The van der Waals surface area contributed by atoms with Crippen LogP contribution in [0.5, 0.6) is 5.75 Å². The fraction of sp³-hybridized carbons (Fsp3) is 0.435. The van der Waals surface area contributed by atoms with Gasteiger partial charge in [0.2, 0.25) is 0 Å². The second-order valence-electron chi connectivity index (χ2n) is 7.67. The molecule has 0 aliphatic rings. The zero-order valence-electron chi connectivity index (χ0n) is 18.4. The highest BCUT2D eigenvalue weighted by Crippen LogP contribution is 2.20. The van der Waals surface area contributed by atoms with Crippen LogP contribution in [0.2, 0.25) is 0 Å². The number of carbonyl (C=O) groups is 1. The number of rotatable bonds is 9. The lowest BCUT2D eigenvalue weighted by atomic mass is 10.0. The van der Waals surface area contributed by atoms with E-state index in [0.29, 0.717) is 12.5 Å². The molecule has 0 spiro atoms. The van der Waals surface area contributed by atoms with Crippen LogP contribution in [-0.4, -0.2) is 31.1 Å². The summed E-state index contributed by atoms with van der Waals surface area (Å²) in [5.41, 5.74) is 2.87. The van der Waals surface area contributed by atoms with Crippen molar-refractivity contribution < 1.29 is 17.4 Å². The van der Waals surface area contributed by atoms with Crippen LogP contribution in [0.15, 0.2) is 48.5 Å². The smallest absolute Gasteiger partial charge is 0.322 e. The summed E-state index contributed by atoms with van der Waals surface area (Å²) in [7, 11) is -3.56. The van der Waals surface area contributed by atoms with Crippen LogP contribution >= 0.6 is 0 Å². The highest BCUT2D eigenvalue weighted by atomic mass is 32.2. The van der Waals surface area contributed by atoms with Gasteiger partial charge in [-0.3, -0.25) is 0 Å². The van der Waals surface area contributed by atoms with E-state index in [2.05, 4.69) is 19.2 Å². The Bertz CT molecular complexity index is 923. The Hall–Kier alpha value is -2.54. The summed E-state index contributed by atoms with van der Waals surface area (Å²) in [5.74, 6) is 0.616. The van der Waals surface area contributed by atoms with Gasteiger partial charge in [-0.1, -0.05) is 45.0 Å². The molecule has 2 aromatic rings. The van der Waals surface area contributed by atoms with E-state index in [0.717, 1.165) is 17.7 Å². The minimum absolute atomic E-state index is 0.0383. The third kappa shape index (κ3) is 6.76. The first kappa shape index (κ1) is 23.7. The molecule has 2 amide bonds. The van der Waals surface area contributed by atoms with Crippen LogP contribution < -0.4 is 9.50 Å². The van der Waals surface area contributed by atoms with Gasteiger partial charge in [-0.15, -0.1) is 0 Å². The zero-order valence-corrected chi connectivity index (χ0v) is 19.2. The van der Waals surface area contributed by atoms with Crippen molar-refractivity contribution >= 4 is 21.8 Å². The van der Waals surface area contributed by atoms with Crippen molar-refractivity contribution in [1.82, 2.24) is 4.90 Å². The lowest BCUT2D eigenvalue weighted by Gasteiger charge is -2.29. The number of hydrogen-bond acceptors (Lipinski definition) is 4. The topological polar surface area (TPSA) is 75.7 Å². The van der Waals surface area contributed by atoms with Gasteiger partial charge in [0.25, 0.3) is 0 Å². The van der Waals surface area contributed by atoms with Crippen molar-refractivity contribution in [2.75, 3.05) is 11.1 Å². The molecule has 0 fully saturated rings. The summed E-state index contributed by atoms with van der Waals surface area (Å²) in [6, 6.07) is 14.5. The highest BCUT2D eigenvalue weighted by molar-refractivity contribution is 7.87. The monoisotopic (exact) mass is 432 g/mol. The predicted octanol–water partition coefficient (Wildman–Crippen LogP) is 5.37. The lowest BCUT2D eigenvalue weighted by molar-refractivity contribution is 0.187. The van der Waals surface area contributed by atoms with E-state index in [4.69, 9.17) is 4.18 Å². The number of anilines is 1. The van der Waals surface area contributed by atoms with Gasteiger partial charge in [0.1, 0.15) is 5.75 Å². The minimum atomic E-state index is -3.56. The molecule has 0 aromatic heterocycles. The van der Waals surface area contributed by atoms with Gasteiger partial charge >= 0.3 is 16.1 Å². The molecule has 0 heterocycles. The van der Waals surface area contributed by atoms with Crippen molar-refractivity contribution in [2.24, 2.45) is 0 Å². The van der Waals surface area contributed by atoms with E-state index in [1.54, 1.807) is 29.2 Å². The van der Waals surface area contributed by atoms with E-state index in [9.17, 15) is 13.2 Å². The van der Waals surface area contributed by atoms with Gasteiger partial charge in [-0.05, 0) is 61.6 Å². The SMILES string of the molecule is CCC(C)N(Cc1ccc(OS(=O)(=O)CC)cc1)C(=O)Nc1ccc(C(C)C)cc1. The molecule has 2 rings (SSSR count). The summed E-state index contributed by atoms with van der Waals surface area (Å²) in [4.78, 5) is 14.7. The maximum absolute atomic E-state index is 12.9. The van der Waals surface area contributed by atoms with Crippen molar-refractivity contribution in [3.05, 3.63) is 59.7 Å². The maximum atomic E-state index is 12.9. The number of benzene rings is 2. The molecular weight excluding hydrogens is 400 g/mol. The first-order valence-corrected chi connectivity index (χ1v) is 11.9. The number of hydrogen-bond donors (Lipinski definition) is 1. The molecule has 0 saturated heterocycles. The molecular formula is C23H32N2O4S. The molecule has 164 valence electrons. The molecule has 2 aromatic carbocycles. The fourth-order valence-corrected chi connectivity index (χ4v) is 3.37. The number of nitrogens with one attached hydrogen (secondary N) is 1. The molecule has 6 nitrogen and oxygen atoms in total. The van der Waals surface area contributed by atoms with Crippen LogP contribution in [0.4, 0.5) is 10.5 Å². The van der Waals surface area contributed by atoms with Gasteiger partial charge in [-0.2, -0.15) is 8.42 Å². The number of urea groups is 1. The number of carbonyl (C=O) groups excluding carboxylic acids is 1. The quantitative estimate of drug-likeness (QED) is 0.541. The van der Waals surface area contributed by atoms with Gasteiger partial charge in [0.05, 0.1) is 5.75 Å². The molecule has 0 radical (unpaired) electrons. The van der Waals surface area contributed by atoms with E-state index in [-0.39, 0.29) is 23.6 Å². The summed E-state index contributed by atoms with van der Waals surface area (Å²) in [5, 5.41) is 2.98. The molecule has 1 N–H and O–H groups in total. The molecule has 0 aliphatic heterocycles. The number of nitrogens with zero attached hydrogens (tertiary/aromatic N) is 1. The van der Waals surface area contributed by atoms with Gasteiger partial charge < -0.3 is 14.4 Å². The molecule has 1 unspecified atom stereocenters. The van der Waals surface area contributed by atoms with Gasteiger partial charge in [-0.25, -0.2) is 4.79 Å². The fourth-order valence-electron chi connectivity index (χ4n) is 2.85. The second kappa shape index (κ2) is 10.5. The van der Waals surface area contributed by atoms with Crippen LogP contribution in [0.3, 0.4) is 0 Å². The Morgan fingerprint density at radius 3 is 2.10 bits per heavy atom. The predicted molar refractivity (Wildman–Crippen MR) is 121 cm³/mol. The molecule has 1 atom stereocenters. The van der Waals surface area contributed by atoms with Gasteiger partial charge in [0, 0.05) is 18.3 Å². The molecule has 0 aliphatic carbocycles. The van der Waals surface area contributed by atoms with Crippen molar-refractivity contribution in [3.8, 4) is 5.75 Å². The molecule has 0 saturated carbocycles. The lowest BCUT2D eigenvalue weighted by Crippen LogP contribution is -2.40. The summed E-state index contributed by atoms with van der Waals surface area (Å²) in [6.45, 7) is 10.2. The minimum Gasteiger partial charge on any atom is -0.382 e. The second-order valence-corrected chi connectivity index (χ2v) is 9.53. The first-order valence-electron chi connectivity index (χ1n) is 10.3. The normalized spacial score (nSPS) is 12.5. The Kier molecular flexibility index (Phi) is 8.29. The van der Waals surface area contributed by atoms with Crippen molar-refractivity contribution in [2.45, 2.75) is 59.5 Å². The summed E-state index contributed by atoms with van der Waals surface area (Å²) >= 11 is 0. The van der Waals surface area contributed by atoms with E-state index < -0.39 is 10.1 Å². The first-order chi connectivity index (χ1) is 14.1. The average molecular weight is 433 g/mol. The van der Waals surface area contributed by atoms with Crippen LogP contribution in [0.1, 0.15) is 58.1 Å². The average Bonchev–Trinajstić information content (AvgIpc) is 2.72. The standard InChI is InChI=1S/C23H32N2O4S/c1-6-18(5)25(23(26)24-21-12-10-20(11-13-21)17(3)4)16-19-8-14-22(15-9-19)29-30(27,28)7-2/h8-15,17-18H,6-7,16H2,1-5H3,(H,24,26). The Balaban J connectivity index is 2.10. The van der Waals surface area contributed by atoms with Crippen molar-refractivity contribution in [3.63, 3.8) is 0 Å². The van der Waals surface area contributed by atoms with Gasteiger partial charge in [0.15, 0.2) is 0 Å². The molecule has 7 heteroatoms. The largest absolute Gasteiger partial charge is 0.382 e. The third-order valence-electron chi connectivity index (χ3n) is 5.07. The van der Waals surface area contributed by atoms with Crippen LogP contribution in [0, 0.1) is 0 Å². The molecule has 0 bridgehead atoms.